The van der Waals surface area contributed by atoms with E-state index in [-0.39, 0.29) is 11.8 Å². The molecular weight excluding hydrogens is 376 g/mol. The molecule has 2 amide bonds. The summed E-state index contributed by atoms with van der Waals surface area (Å²) in [5, 5.41) is 6.50. The zero-order valence-corrected chi connectivity index (χ0v) is 16.4. The van der Waals surface area contributed by atoms with Crippen molar-refractivity contribution in [3.05, 3.63) is 90.3 Å². The number of benzene rings is 2. The van der Waals surface area contributed by atoms with Crippen LogP contribution in [0, 0.1) is 0 Å². The second kappa shape index (κ2) is 8.53. The molecule has 0 saturated carbocycles. The Kier molecular flexibility index (Phi) is 5.48. The van der Waals surface area contributed by atoms with Crippen LogP contribution in [0.25, 0.3) is 22.2 Å². The normalized spacial score (nSPS) is 10.6. The van der Waals surface area contributed by atoms with Crippen molar-refractivity contribution >= 4 is 28.4 Å². The first-order chi connectivity index (χ1) is 14.6. The van der Waals surface area contributed by atoms with Gasteiger partial charge in [0, 0.05) is 42.5 Å². The first-order valence-corrected chi connectivity index (χ1v) is 9.55. The summed E-state index contributed by atoms with van der Waals surface area (Å²) in [6.07, 6.45) is 3.43. The van der Waals surface area contributed by atoms with Gasteiger partial charge in [-0.05, 0) is 35.9 Å². The third kappa shape index (κ3) is 4.33. The summed E-state index contributed by atoms with van der Waals surface area (Å²) in [7, 11) is 0. The molecule has 2 N–H and O–H groups in total. The number of fused-ring (bicyclic) bond motifs is 1. The summed E-state index contributed by atoms with van der Waals surface area (Å²) in [6, 6.07) is 20.5. The minimum atomic E-state index is -0.173. The van der Waals surface area contributed by atoms with Crippen molar-refractivity contribution in [2.75, 3.05) is 5.32 Å². The summed E-state index contributed by atoms with van der Waals surface area (Å²) in [6.45, 7) is 1.86. The third-order valence-corrected chi connectivity index (χ3v) is 4.64. The SMILES string of the molecule is CC(=O)Nc1ccc(-c2cc(C(=O)NCc3cccnc3)c3ccccc3n2)cc1. The second-order valence-corrected chi connectivity index (χ2v) is 6.87. The van der Waals surface area contributed by atoms with Crippen molar-refractivity contribution < 1.29 is 9.59 Å². The molecule has 0 radical (unpaired) electrons. The molecule has 2 aromatic carbocycles. The molecule has 0 atom stereocenters. The lowest BCUT2D eigenvalue weighted by Crippen LogP contribution is -2.23. The number of para-hydroxylation sites is 1. The summed E-state index contributed by atoms with van der Waals surface area (Å²) in [5.74, 6) is -0.298. The van der Waals surface area contributed by atoms with E-state index < -0.39 is 0 Å². The number of hydrogen-bond donors (Lipinski definition) is 2. The third-order valence-electron chi connectivity index (χ3n) is 4.64. The standard InChI is InChI=1S/C24H20N4O2/c1-16(29)27-19-10-8-18(9-11-19)23-13-21(20-6-2-3-7-22(20)28-23)24(30)26-15-17-5-4-12-25-14-17/h2-14H,15H2,1H3,(H,26,30)(H,27,29). The van der Waals surface area contributed by atoms with E-state index in [4.69, 9.17) is 4.98 Å². The predicted molar refractivity (Wildman–Crippen MR) is 117 cm³/mol. The van der Waals surface area contributed by atoms with Gasteiger partial charge in [0.1, 0.15) is 0 Å². The summed E-state index contributed by atoms with van der Waals surface area (Å²) >= 11 is 0. The van der Waals surface area contributed by atoms with Gasteiger partial charge in [0.25, 0.3) is 5.91 Å². The number of rotatable bonds is 5. The Bertz CT molecular complexity index is 1210. The molecule has 0 aliphatic carbocycles. The molecule has 0 unspecified atom stereocenters. The van der Waals surface area contributed by atoms with Crippen LogP contribution in [0.3, 0.4) is 0 Å². The maximum Gasteiger partial charge on any atom is 0.252 e. The summed E-state index contributed by atoms with van der Waals surface area (Å²) in [5.41, 5.74) is 4.49. The number of pyridine rings is 2. The van der Waals surface area contributed by atoms with Crippen LogP contribution >= 0.6 is 0 Å². The van der Waals surface area contributed by atoms with Crippen LogP contribution in [0.15, 0.2) is 79.1 Å². The highest BCUT2D eigenvalue weighted by Crippen LogP contribution is 2.26. The van der Waals surface area contributed by atoms with E-state index in [1.54, 1.807) is 18.5 Å². The molecule has 0 spiro atoms. The van der Waals surface area contributed by atoms with Crippen LogP contribution < -0.4 is 10.6 Å². The van der Waals surface area contributed by atoms with Crippen molar-refractivity contribution in [1.29, 1.82) is 0 Å². The molecule has 0 aliphatic rings. The highest BCUT2D eigenvalue weighted by Gasteiger charge is 2.14. The monoisotopic (exact) mass is 396 g/mol. The van der Waals surface area contributed by atoms with Gasteiger partial charge in [-0.15, -0.1) is 0 Å². The van der Waals surface area contributed by atoms with E-state index >= 15 is 0 Å². The number of aromatic nitrogens is 2. The molecule has 0 aliphatic heterocycles. The average Bonchev–Trinajstić information content (AvgIpc) is 2.77. The van der Waals surface area contributed by atoms with E-state index in [1.807, 2.05) is 60.7 Å². The van der Waals surface area contributed by atoms with Gasteiger partial charge in [-0.25, -0.2) is 4.98 Å². The number of anilines is 1. The maximum absolute atomic E-state index is 13.0. The van der Waals surface area contributed by atoms with Crippen LogP contribution in [0.5, 0.6) is 0 Å². The van der Waals surface area contributed by atoms with E-state index in [9.17, 15) is 9.59 Å². The molecular formula is C24H20N4O2. The van der Waals surface area contributed by atoms with Gasteiger partial charge < -0.3 is 10.6 Å². The fourth-order valence-corrected chi connectivity index (χ4v) is 3.22. The molecule has 148 valence electrons. The molecule has 0 fully saturated rings. The lowest BCUT2D eigenvalue weighted by atomic mass is 10.0. The first kappa shape index (κ1) is 19.3. The predicted octanol–water partition coefficient (Wildman–Crippen LogP) is 4.19. The molecule has 0 saturated heterocycles. The Morgan fingerprint density at radius 3 is 2.50 bits per heavy atom. The molecule has 2 heterocycles. The highest BCUT2D eigenvalue weighted by molar-refractivity contribution is 6.07. The van der Waals surface area contributed by atoms with Crippen molar-refractivity contribution in [1.82, 2.24) is 15.3 Å². The minimum absolute atomic E-state index is 0.126. The van der Waals surface area contributed by atoms with Gasteiger partial charge in [0.2, 0.25) is 5.91 Å². The second-order valence-electron chi connectivity index (χ2n) is 6.87. The van der Waals surface area contributed by atoms with Crippen molar-refractivity contribution in [2.45, 2.75) is 13.5 Å². The first-order valence-electron chi connectivity index (χ1n) is 9.55. The topological polar surface area (TPSA) is 84.0 Å². The number of carbonyl (C=O) groups excluding carboxylic acids is 2. The van der Waals surface area contributed by atoms with Crippen LogP contribution in [0.1, 0.15) is 22.8 Å². The molecule has 6 heteroatoms. The Morgan fingerprint density at radius 2 is 1.77 bits per heavy atom. The van der Waals surface area contributed by atoms with Gasteiger partial charge in [-0.3, -0.25) is 14.6 Å². The lowest BCUT2D eigenvalue weighted by Gasteiger charge is -2.11. The van der Waals surface area contributed by atoms with E-state index in [1.165, 1.54) is 6.92 Å². The van der Waals surface area contributed by atoms with Gasteiger partial charge in [0.15, 0.2) is 0 Å². The molecule has 6 nitrogen and oxygen atoms in total. The smallest absolute Gasteiger partial charge is 0.252 e. The maximum atomic E-state index is 13.0. The quantitative estimate of drug-likeness (QED) is 0.530. The number of hydrogen-bond acceptors (Lipinski definition) is 4. The number of amides is 2. The zero-order chi connectivity index (χ0) is 20.9. The van der Waals surface area contributed by atoms with Crippen LogP contribution in [-0.4, -0.2) is 21.8 Å². The van der Waals surface area contributed by atoms with Crippen LogP contribution in [-0.2, 0) is 11.3 Å². The van der Waals surface area contributed by atoms with Crippen LogP contribution in [0.4, 0.5) is 5.69 Å². The zero-order valence-electron chi connectivity index (χ0n) is 16.4. The van der Waals surface area contributed by atoms with Gasteiger partial charge in [-0.2, -0.15) is 0 Å². The molecule has 4 rings (SSSR count). The minimum Gasteiger partial charge on any atom is -0.348 e. The van der Waals surface area contributed by atoms with Crippen molar-refractivity contribution in [3.63, 3.8) is 0 Å². The average molecular weight is 396 g/mol. The van der Waals surface area contributed by atoms with Gasteiger partial charge >= 0.3 is 0 Å². The van der Waals surface area contributed by atoms with Gasteiger partial charge in [0.05, 0.1) is 16.8 Å². The van der Waals surface area contributed by atoms with Crippen molar-refractivity contribution in [2.24, 2.45) is 0 Å². The van der Waals surface area contributed by atoms with E-state index in [0.717, 1.165) is 22.0 Å². The van der Waals surface area contributed by atoms with Crippen molar-refractivity contribution in [3.8, 4) is 11.3 Å². The Hall–Kier alpha value is -4.06. The fourth-order valence-electron chi connectivity index (χ4n) is 3.22. The summed E-state index contributed by atoms with van der Waals surface area (Å²) in [4.78, 5) is 33.0. The Balaban J connectivity index is 1.67. The highest BCUT2D eigenvalue weighted by atomic mass is 16.2. The van der Waals surface area contributed by atoms with Crippen LogP contribution in [0.2, 0.25) is 0 Å². The molecule has 4 aromatic rings. The molecule has 30 heavy (non-hydrogen) atoms. The largest absolute Gasteiger partial charge is 0.348 e. The Morgan fingerprint density at radius 1 is 0.967 bits per heavy atom. The molecule has 2 aromatic heterocycles. The number of nitrogens with one attached hydrogen (secondary N) is 2. The molecule has 0 bridgehead atoms. The lowest BCUT2D eigenvalue weighted by molar-refractivity contribution is -0.114. The number of carbonyl (C=O) groups is 2. The van der Waals surface area contributed by atoms with E-state index in [0.29, 0.717) is 23.5 Å². The summed E-state index contributed by atoms with van der Waals surface area (Å²) < 4.78 is 0. The fraction of sp³-hybridized carbons (Fsp3) is 0.0833. The number of nitrogens with zero attached hydrogens (tertiary/aromatic N) is 2. The Labute approximate surface area is 174 Å². The van der Waals surface area contributed by atoms with E-state index in [2.05, 4.69) is 15.6 Å². The van der Waals surface area contributed by atoms with Gasteiger partial charge in [-0.1, -0.05) is 36.4 Å².